The Morgan fingerprint density at radius 3 is 2.88 bits per heavy atom. The van der Waals surface area contributed by atoms with E-state index < -0.39 is 0 Å². The van der Waals surface area contributed by atoms with Gasteiger partial charge in [-0.1, -0.05) is 6.07 Å². The van der Waals surface area contributed by atoms with Gasteiger partial charge in [-0.3, -0.25) is 4.98 Å². The minimum absolute atomic E-state index is 0.397. The number of pyridine rings is 1. The Kier molecular flexibility index (Phi) is 3.99. The molecule has 17 heavy (non-hydrogen) atoms. The summed E-state index contributed by atoms with van der Waals surface area (Å²) in [4.78, 5) is 4.21. The molecule has 0 fully saturated rings. The van der Waals surface area contributed by atoms with Crippen LogP contribution in [0.5, 0.6) is 5.88 Å². The van der Waals surface area contributed by atoms with Crippen LogP contribution >= 0.6 is 0 Å². The minimum Gasteiger partial charge on any atom is -0.476 e. The van der Waals surface area contributed by atoms with Crippen LogP contribution in [-0.4, -0.2) is 21.8 Å². The summed E-state index contributed by atoms with van der Waals surface area (Å²) in [6.45, 7) is 0.914. The van der Waals surface area contributed by atoms with Gasteiger partial charge in [-0.15, -0.1) is 5.10 Å². The Labute approximate surface area is 99.7 Å². The quantitative estimate of drug-likeness (QED) is 0.827. The lowest BCUT2D eigenvalue weighted by Crippen LogP contribution is -2.08. The van der Waals surface area contributed by atoms with Crippen LogP contribution in [0, 0.1) is 0 Å². The molecule has 2 N–H and O–H groups in total. The Morgan fingerprint density at radius 1 is 1.18 bits per heavy atom. The van der Waals surface area contributed by atoms with E-state index in [9.17, 15) is 0 Å². The summed E-state index contributed by atoms with van der Waals surface area (Å²) in [5, 5.41) is 7.68. The number of hydrogen-bond donors (Lipinski definition) is 1. The summed E-state index contributed by atoms with van der Waals surface area (Å²) in [6.07, 6.45) is 4.11. The highest BCUT2D eigenvalue weighted by Crippen LogP contribution is 2.12. The lowest BCUT2D eigenvalue weighted by Gasteiger charge is -2.07. The standard InChI is InChI=1S/C12H14N4O/c13-9-10-4-7-15-16-12(10)17-8-5-11-3-1-2-6-14-11/h1-4,6-7H,5,8-9,13H2. The average Bonchev–Trinajstić information content (AvgIpc) is 2.40. The first kappa shape index (κ1) is 11.5. The van der Waals surface area contributed by atoms with Crippen molar-refractivity contribution in [1.29, 1.82) is 0 Å². The van der Waals surface area contributed by atoms with Crippen molar-refractivity contribution in [3.8, 4) is 5.88 Å². The second kappa shape index (κ2) is 5.91. The van der Waals surface area contributed by atoms with Crippen molar-refractivity contribution in [2.24, 2.45) is 5.73 Å². The zero-order valence-electron chi connectivity index (χ0n) is 9.41. The third kappa shape index (κ3) is 3.22. The van der Waals surface area contributed by atoms with E-state index in [2.05, 4.69) is 15.2 Å². The molecule has 0 aliphatic rings. The predicted molar refractivity (Wildman–Crippen MR) is 63.4 cm³/mol. The maximum atomic E-state index is 5.57. The van der Waals surface area contributed by atoms with Crippen molar-refractivity contribution in [2.75, 3.05) is 6.61 Å². The molecule has 0 amide bonds. The van der Waals surface area contributed by atoms with Gasteiger partial charge in [0, 0.05) is 30.4 Å². The minimum atomic E-state index is 0.397. The molecule has 2 rings (SSSR count). The number of aromatic nitrogens is 3. The molecule has 0 aromatic carbocycles. The van der Waals surface area contributed by atoms with Crippen LogP contribution in [0.1, 0.15) is 11.3 Å². The first-order valence-electron chi connectivity index (χ1n) is 5.43. The highest BCUT2D eigenvalue weighted by Gasteiger charge is 2.03. The number of ether oxygens (including phenoxy) is 1. The van der Waals surface area contributed by atoms with Crippen LogP contribution in [0.4, 0.5) is 0 Å². The van der Waals surface area contributed by atoms with E-state index in [1.54, 1.807) is 12.4 Å². The van der Waals surface area contributed by atoms with Crippen molar-refractivity contribution in [1.82, 2.24) is 15.2 Å². The maximum Gasteiger partial charge on any atom is 0.237 e. The molecule has 2 aromatic rings. The second-order valence-electron chi connectivity index (χ2n) is 3.49. The van der Waals surface area contributed by atoms with E-state index in [1.165, 1.54) is 0 Å². The summed E-state index contributed by atoms with van der Waals surface area (Å²) in [5.41, 5.74) is 7.43. The largest absolute Gasteiger partial charge is 0.476 e. The predicted octanol–water partition coefficient (Wildman–Crippen LogP) is 0.952. The van der Waals surface area contributed by atoms with Crippen LogP contribution < -0.4 is 10.5 Å². The van der Waals surface area contributed by atoms with Gasteiger partial charge in [0.25, 0.3) is 0 Å². The van der Waals surface area contributed by atoms with Gasteiger partial charge in [0.1, 0.15) is 0 Å². The lowest BCUT2D eigenvalue weighted by atomic mass is 10.3. The molecular weight excluding hydrogens is 216 g/mol. The molecule has 5 nitrogen and oxygen atoms in total. The molecule has 2 heterocycles. The van der Waals surface area contributed by atoms with Gasteiger partial charge < -0.3 is 10.5 Å². The van der Waals surface area contributed by atoms with Gasteiger partial charge in [0.05, 0.1) is 12.8 Å². The van der Waals surface area contributed by atoms with E-state index in [0.717, 1.165) is 17.7 Å². The normalized spacial score (nSPS) is 10.2. The van der Waals surface area contributed by atoms with E-state index in [4.69, 9.17) is 10.5 Å². The zero-order valence-corrected chi connectivity index (χ0v) is 9.41. The zero-order chi connectivity index (χ0) is 11.9. The van der Waals surface area contributed by atoms with Crippen molar-refractivity contribution in [3.05, 3.63) is 47.9 Å². The third-order valence-electron chi connectivity index (χ3n) is 2.31. The summed E-state index contributed by atoms with van der Waals surface area (Å²) < 4.78 is 5.54. The van der Waals surface area contributed by atoms with Crippen LogP contribution in [-0.2, 0) is 13.0 Å². The van der Waals surface area contributed by atoms with Crippen molar-refractivity contribution in [2.45, 2.75) is 13.0 Å². The van der Waals surface area contributed by atoms with E-state index in [1.807, 2.05) is 24.3 Å². The van der Waals surface area contributed by atoms with Gasteiger partial charge >= 0.3 is 0 Å². The SMILES string of the molecule is NCc1ccnnc1OCCc1ccccn1. The molecule has 0 radical (unpaired) electrons. The molecule has 0 unspecified atom stereocenters. The van der Waals surface area contributed by atoms with Crippen molar-refractivity contribution in [3.63, 3.8) is 0 Å². The molecule has 88 valence electrons. The van der Waals surface area contributed by atoms with Crippen molar-refractivity contribution < 1.29 is 4.74 Å². The average molecular weight is 230 g/mol. The fraction of sp³-hybridized carbons (Fsp3) is 0.250. The maximum absolute atomic E-state index is 5.57. The van der Waals surface area contributed by atoms with Crippen LogP contribution in [0.15, 0.2) is 36.7 Å². The van der Waals surface area contributed by atoms with Crippen molar-refractivity contribution >= 4 is 0 Å². The first-order chi connectivity index (χ1) is 8.40. The van der Waals surface area contributed by atoms with E-state index >= 15 is 0 Å². The van der Waals surface area contributed by atoms with Gasteiger partial charge in [0.15, 0.2) is 0 Å². The van der Waals surface area contributed by atoms with E-state index in [0.29, 0.717) is 19.0 Å². The molecule has 0 aliphatic heterocycles. The molecule has 0 atom stereocenters. The monoisotopic (exact) mass is 230 g/mol. The highest BCUT2D eigenvalue weighted by molar-refractivity contribution is 5.22. The number of nitrogens with zero attached hydrogens (tertiary/aromatic N) is 3. The molecule has 0 spiro atoms. The molecule has 2 aromatic heterocycles. The highest BCUT2D eigenvalue weighted by atomic mass is 16.5. The second-order valence-corrected chi connectivity index (χ2v) is 3.49. The molecular formula is C12H14N4O. The Balaban J connectivity index is 1.90. The molecule has 0 saturated heterocycles. The topological polar surface area (TPSA) is 73.9 Å². The number of rotatable bonds is 5. The number of nitrogens with two attached hydrogens (primary N) is 1. The fourth-order valence-corrected chi connectivity index (χ4v) is 1.42. The van der Waals surface area contributed by atoms with Gasteiger partial charge in [-0.05, 0) is 18.2 Å². The Morgan fingerprint density at radius 2 is 2.12 bits per heavy atom. The lowest BCUT2D eigenvalue weighted by molar-refractivity contribution is 0.301. The Hall–Kier alpha value is -2.01. The summed E-state index contributed by atoms with van der Waals surface area (Å²) in [5.74, 6) is 0.505. The molecule has 0 aliphatic carbocycles. The summed E-state index contributed by atoms with van der Waals surface area (Å²) in [6, 6.07) is 7.61. The first-order valence-corrected chi connectivity index (χ1v) is 5.43. The van der Waals surface area contributed by atoms with Gasteiger partial charge in [-0.25, -0.2) is 0 Å². The smallest absolute Gasteiger partial charge is 0.237 e. The fourth-order valence-electron chi connectivity index (χ4n) is 1.42. The molecule has 0 bridgehead atoms. The van der Waals surface area contributed by atoms with Crippen LogP contribution in [0.2, 0.25) is 0 Å². The van der Waals surface area contributed by atoms with Crippen LogP contribution in [0.3, 0.4) is 0 Å². The van der Waals surface area contributed by atoms with E-state index in [-0.39, 0.29) is 0 Å². The molecule has 5 heteroatoms. The van der Waals surface area contributed by atoms with Gasteiger partial charge in [0.2, 0.25) is 5.88 Å². The van der Waals surface area contributed by atoms with Gasteiger partial charge in [-0.2, -0.15) is 5.10 Å². The van der Waals surface area contributed by atoms with Crippen LogP contribution in [0.25, 0.3) is 0 Å². The summed E-state index contributed by atoms with van der Waals surface area (Å²) >= 11 is 0. The Bertz CT molecular complexity index is 461. The third-order valence-corrected chi connectivity index (χ3v) is 2.31. The molecule has 0 saturated carbocycles. The number of hydrogen-bond acceptors (Lipinski definition) is 5. The summed E-state index contributed by atoms with van der Waals surface area (Å²) in [7, 11) is 0.